The second-order valence-corrected chi connectivity index (χ2v) is 5.53. The zero-order chi connectivity index (χ0) is 14.4. The van der Waals surface area contributed by atoms with Crippen molar-refractivity contribution < 1.29 is 14.3 Å². The number of Topliss-reactive ketones (excluding diaryl/α,β-unsaturated/α-hetero) is 1. The minimum atomic E-state index is 0.0311. The second kappa shape index (κ2) is 4.70. The number of rotatable bonds is 3. The topological polar surface area (TPSA) is 56.6 Å². The van der Waals surface area contributed by atoms with Crippen LogP contribution in [0.4, 0.5) is 0 Å². The van der Waals surface area contributed by atoms with Crippen LogP contribution in [0.3, 0.4) is 0 Å². The number of carbonyl (C=O) groups excluding carboxylic acids is 1. The molecule has 4 rings (SSSR count). The molecule has 21 heavy (non-hydrogen) atoms. The number of benzene rings is 1. The molecule has 1 aromatic heterocycles. The van der Waals surface area contributed by atoms with E-state index < -0.39 is 0 Å². The molecule has 2 aliphatic rings. The van der Waals surface area contributed by atoms with Gasteiger partial charge in [-0.15, -0.1) is 0 Å². The molecule has 0 bridgehead atoms. The fourth-order valence-electron chi connectivity index (χ4n) is 2.87. The van der Waals surface area contributed by atoms with Crippen LogP contribution in [0.15, 0.2) is 30.5 Å². The van der Waals surface area contributed by atoms with E-state index in [2.05, 4.69) is 5.10 Å². The Morgan fingerprint density at radius 3 is 2.95 bits per heavy atom. The minimum absolute atomic E-state index is 0.0311. The van der Waals surface area contributed by atoms with E-state index in [4.69, 9.17) is 9.47 Å². The highest BCUT2D eigenvalue weighted by molar-refractivity contribution is 5.97. The lowest BCUT2D eigenvalue weighted by atomic mass is 10.1. The van der Waals surface area contributed by atoms with E-state index in [-0.39, 0.29) is 18.0 Å². The predicted molar refractivity (Wildman–Crippen MR) is 75.5 cm³/mol. The van der Waals surface area contributed by atoms with E-state index >= 15 is 0 Å². The summed E-state index contributed by atoms with van der Waals surface area (Å²) in [5, 5.41) is 4.56. The molecule has 1 aliphatic carbocycles. The lowest BCUT2D eigenvalue weighted by Gasteiger charge is -2.03. The molecule has 108 valence electrons. The number of epoxide rings is 1. The van der Waals surface area contributed by atoms with Crippen molar-refractivity contribution in [3.05, 3.63) is 47.3 Å². The molecular weight excluding hydrogens is 268 g/mol. The molecule has 5 heteroatoms. The van der Waals surface area contributed by atoms with Crippen LogP contribution < -0.4 is 4.74 Å². The van der Waals surface area contributed by atoms with Crippen molar-refractivity contribution in [1.29, 1.82) is 0 Å². The molecule has 2 unspecified atom stereocenters. The summed E-state index contributed by atoms with van der Waals surface area (Å²) in [6, 6.07) is 7.86. The highest BCUT2D eigenvalue weighted by Gasteiger charge is 2.46. The minimum Gasteiger partial charge on any atom is -0.497 e. The number of hydrogen-bond acceptors (Lipinski definition) is 4. The molecule has 1 fully saturated rings. The van der Waals surface area contributed by atoms with Crippen LogP contribution in [-0.2, 0) is 11.3 Å². The number of hydrogen-bond donors (Lipinski definition) is 0. The fourth-order valence-corrected chi connectivity index (χ4v) is 2.87. The van der Waals surface area contributed by atoms with E-state index in [1.165, 1.54) is 0 Å². The molecule has 0 spiro atoms. The van der Waals surface area contributed by atoms with Crippen LogP contribution in [-0.4, -0.2) is 28.8 Å². The monoisotopic (exact) mass is 284 g/mol. The van der Waals surface area contributed by atoms with E-state index in [9.17, 15) is 4.79 Å². The highest BCUT2D eigenvalue weighted by Crippen LogP contribution is 2.44. The first-order chi connectivity index (χ1) is 10.2. The first-order valence-electron chi connectivity index (χ1n) is 7.13. The lowest BCUT2D eigenvalue weighted by molar-refractivity contribution is 0.0975. The number of nitrogens with zero attached hydrogens (tertiary/aromatic N) is 2. The van der Waals surface area contributed by atoms with Crippen molar-refractivity contribution >= 4 is 5.78 Å². The molecule has 0 amide bonds. The van der Waals surface area contributed by atoms with Gasteiger partial charge in [-0.1, -0.05) is 12.1 Å². The molecule has 2 atom stereocenters. The van der Waals surface area contributed by atoms with Crippen LogP contribution in [0.5, 0.6) is 5.75 Å². The van der Waals surface area contributed by atoms with E-state index in [1.54, 1.807) is 7.11 Å². The summed E-state index contributed by atoms with van der Waals surface area (Å²) < 4.78 is 12.6. The van der Waals surface area contributed by atoms with Crippen LogP contribution in [0, 0.1) is 0 Å². The maximum atomic E-state index is 12.1. The van der Waals surface area contributed by atoms with Gasteiger partial charge in [0.1, 0.15) is 17.5 Å². The standard InChI is InChI=1S/C16H16N2O3/c1-20-11-4-2-10(3-5-11)8-18-9-12-13(19)6-7-14-16(21-14)15(12)17-18/h2-5,9,14,16H,6-8H2,1H3. The van der Waals surface area contributed by atoms with Gasteiger partial charge in [0.25, 0.3) is 0 Å². The average Bonchev–Trinajstić information content (AvgIpc) is 3.19. The smallest absolute Gasteiger partial charge is 0.166 e. The summed E-state index contributed by atoms with van der Waals surface area (Å²) in [4.78, 5) is 12.1. The van der Waals surface area contributed by atoms with Crippen molar-refractivity contribution in [3.8, 4) is 5.75 Å². The maximum absolute atomic E-state index is 12.1. The SMILES string of the molecule is COc1ccc(Cn2cc3c(n2)C2OC2CCC3=O)cc1. The summed E-state index contributed by atoms with van der Waals surface area (Å²) >= 11 is 0. The first-order valence-corrected chi connectivity index (χ1v) is 7.13. The largest absolute Gasteiger partial charge is 0.497 e. The van der Waals surface area contributed by atoms with Crippen LogP contribution in [0.25, 0.3) is 0 Å². The Balaban J connectivity index is 1.60. The molecule has 1 aromatic carbocycles. The summed E-state index contributed by atoms with van der Waals surface area (Å²) in [5.74, 6) is 1.01. The van der Waals surface area contributed by atoms with Crippen LogP contribution in [0.2, 0.25) is 0 Å². The number of ketones is 1. The Morgan fingerprint density at radius 2 is 2.19 bits per heavy atom. The third-order valence-corrected chi connectivity index (χ3v) is 4.10. The van der Waals surface area contributed by atoms with Gasteiger partial charge in [0.05, 0.1) is 25.3 Å². The zero-order valence-corrected chi connectivity index (χ0v) is 11.8. The number of methoxy groups -OCH3 is 1. The average molecular weight is 284 g/mol. The van der Waals surface area contributed by atoms with Gasteiger partial charge in [-0.05, 0) is 24.1 Å². The molecule has 0 radical (unpaired) electrons. The first kappa shape index (κ1) is 12.6. The second-order valence-electron chi connectivity index (χ2n) is 5.53. The van der Waals surface area contributed by atoms with Gasteiger partial charge in [-0.3, -0.25) is 9.48 Å². The normalized spacial score (nSPS) is 23.2. The molecule has 1 aliphatic heterocycles. The van der Waals surface area contributed by atoms with E-state index in [0.717, 1.165) is 29.0 Å². The number of fused-ring (bicyclic) bond motifs is 3. The van der Waals surface area contributed by atoms with Crippen molar-refractivity contribution in [2.24, 2.45) is 0 Å². The zero-order valence-electron chi connectivity index (χ0n) is 11.8. The Hall–Kier alpha value is -2.14. The Kier molecular flexibility index (Phi) is 2.82. The van der Waals surface area contributed by atoms with Crippen molar-refractivity contribution in [2.45, 2.75) is 31.6 Å². The van der Waals surface area contributed by atoms with Crippen LogP contribution in [0.1, 0.15) is 40.6 Å². The summed E-state index contributed by atoms with van der Waals surface area (Å²) in [6.07, 6.45) is 3.45. The molecule has 2 heterocycles. The van der Waals surface area contributed by atoms with Gasteiger partial charge in [-0.25, -0.2) is 0 Å². The fraction of sp³-hybridized carbons (Fsp3) is 0.375. The summed E-state index contributed by atoms with van der Waals surface area (Å²) in [6.45, 7) is 0.641. The van der Waals surface area contributed by atoms with Gasteiger partial charge >= 0.3 is 0 Å². The van der Waals surface area contributed by atoms with Crippen LogP contribution >= 0.6 is 0 Å². The predicted octanol–water partition coefficient (Wildman–Crippen LogP) is 2.36. The molecule has 0 N–H and O–H groups in total. The highest BCUT2D eigenvalue weighted by atomic mass is 16.6. The van der Waals surface area contributed by atoms with Crippen molar-refractivity contribution in [2.75, 3.05) is 7.11 Å². The third-order valence-electron chi connectivity index (χ3n) is 4.10. The van der Waals surface area contributed by atoms with Gasteiger partial charge in [-0.2, -0.15) is 5.10 Å². The number of aromatic nitrogens is 2. The van der Waals surface area contributed by atoms with Crippen molar-refractivity contribution in [1.82, 2.24) is 9.78 Å². The third kappa shape index (κ3) is 2.23. The molecule has 5 nitrogen and oxygen atoms in total. The Bertz CT molecular complexity index is 690. The van der Waals surface area contributed by atoms with E-state index in [0.29, 0.717) is 13.0 Å². The number of carbonyl (C=O) groups is 1. The van der Waals surface area contributed by atoms with Gasteiger partial charge in [0.15, 0.2) is 5.78 Å². The van der Waals surface area contributed by atoms with Gasteiger partial charge < -0.3 is 9.47 Å². The lowest BCUT2D eigenvalue weighted by Crippen LogP contribution is -2.01. The molecule has 2 aromatic rings. The molecule has 0 saturated carbocycles. The van der Waals surface area contributed by atoms with Gasteiger partial charge in [0, 0.05) is 12.6 Å². The summed E-state index contributed by atoms with van der Waals surface area (Å²) in [7, 11) is 1.65. The Labute approximate surface area is 122 Å². The summed E-state index contributed by atoms with van der Waals surface area (Å²) in [5.41, 5.74) is 2.67. The molecule has 1 saturated heterocycles. The van der Waals surface area contributed by atoms with Gasteiger partial charge in [0.2, 0.25) is 0 Å². The Morgan fingerprint density at radius 1 is 1.38 bits per heavy atom. The quantitative estimate of drug-likeness (QED) is 0.812. The molecular formula is C16H16N2O3. The van der Waals surface area contributed by atoms with Crippen molar-refractivity contribution in [3.63, 3.8) is 0 Å². The number of ether oxygens (including phenoxy) is 2. The van der Waals surface area contributed by atoms with E-state index in [1.807, 2.05) is 35.1 Å². The maximum Gasteiger partial charge on any atom is 0.166 e.